The van der Waals surface area contributed by atoms with Gasteiger partial charge in [0.2, 0.25) is 0 Å². The van der Waals surface area contributed by atoms with Gasteiger partial charge in [-0.3, -0.25) is 9.36 Å². The first-order valence-corrected chi connectivity index (χ1v) is 6.04. The summed E-state index contributed by atoms with van der Waals surface area (Å²) in [5, 5.41) is 0. The van der Waals surface area contributed by atoms with Crippen LogP contribution in [0.15, 0.2) is 0 Å². The highest BCUT2D eigenvalue weighted by atomic mass is 31.1. The van der Waals surface area contributed by atoms with Gasteiger partial charge in [0.25, 0.3) is 0 Å². The van der Waals surface area contributed by atoms with Gasteiger partial charge >= 0.3 is 5.97 Å². The van der Waals surface area contributed by atoms with Crippen LogP contribution in [0.4, 0.5) is 0 Å². The van der Waals surface area contributed by atoms with Crippen LogP contribution < -0.4 is 0 Å². The van der Waals surface area contributed by atoms with Crippen LogP contribution in [0.1, 0.15) is 39.5 Å². The van der Waals surface area contributed by atoms with Gasteiger partial charge in [0.05, 0.1) is 12.5 Å². The molecule has 82 valence electrons. The molecule has 0 aliphatic heterocycles. The lowest BCUT2D eigenvalue weighted by Gasteiger charge is -2.27. The second-order valence-electron chi connectivity index (χ2n) is 3.56. The van der Waals surface area contributed by atoms with E-state index in [0.29, 0.717) is 6.16 Å². The summed E-state index contributed by atoms with van der Waals surface area (Å²) in [6.07, 6.45) is 3.70. The molecule has 0 aliphatic rings. The number of esters is 1. The third kappa shape index (κ3) is 3.38. The van der Waals surface area contributed by atoms with Crippen molar-refractivity contribution in [3.8, 4) is 0 Å². The van der Waals surface area contributed by atoms with Crippen LogP contribution in [-0.4, -0.2) is 19.2 Å². The molecule has 0 N–H and O–H groups in total. The summed E-state index contributed by atoms with van der Waals surface area (Å²) in [6.45, 7) is 4.05. The Morgan fingerprint density at radius 3 is 2.07 bits per heavy atom. The third-order valence-corrected chi connectivity index (χ3v) is 3.18. The van der Waals surface area contributed by atoms with Crippen molar-refractivity contribution in [3.05, 3.63) is 0 Å². The summed E-state index contributed by atoms with van der Waals surface area (Å²) in [5.41, 5.74) is -0.526. The van der Waals surface area contributed by atoms with Crippen LogP contribution in [0.5, 0.6) is 0 Å². The fourth-order valence-electron chi connectivity index (χ4n) is 1.85. The zero-order chi connectivity index (χ0) is 11.0. The molecule has 0 atom stereocenters. The summed E-state index contributed by atoms with van der Waals surface area (Å²) < 4.78 is 15.5. The van der Waals surface area contributed by atoms with E-state index in [1.165, 1.54) is 7.11 Å². The van der Waals surface area contributed by atoms with Gasteiger partial charge in [0, 0.05) is 6.16 Å². The lowest BCUT2D eigenvalue weighted by atomic mass is 9.81. The monoisotopic (exact) mass is 218 g/mol. The van der Waals surface area contributed by atoms with Crippen molar-refractivity contribution in [3.63, 3.8) is 0 Å². The average Bonchev–Trinajstić information content (AvgIpc) is 2.17. The van der Waals surface area contributed by atoms with Gasteiger partial charge in [-0.15, -0.1) is 0 Å². The van der Waals surface area contributed by atoms with Crippen LogP contribution in [0.2, 0.25) is 0 Å². The number of hydrogen-bond donors (Lipinski definition) is 0. The number of hydrogen-bond acceptors (Lipinski definition) is 3. The Bertz CT molecular complexity index is 186. The number of ether oxygens (including phenoxy) is 1. The van der Waals surface area contributed by atoms with E-state index in [1.807, 2.05) is 13.8 Å². The molecule has 0 heterocycles. The maximum atomic E-state index is 11.6. The first-order chi connectivity index (χ1) is 6.66. The van der Waals surface area contributed by atoms with Gasteiger partial charge in [0.1, 0.15) is 0 Å². The van der Waals surface area contributed by atoms with Gasteiger partial charge in [0.15, 0.2) is 8.46 Å². The Balaban J connectivity index is 4.71. The molecule has 3 nitrogen and oxygen atoms in total. The largest absolute Gasteiger partial charge is 0.469 e. The smallest absolute Gasteiger partial charge is 0.312 e. The highest BCUT2D eigenvalue weighted by molar-refractivity contribution is 7.23. The molecule has 0 aromatic carbocycles. The van der Waals surface area contributed by atoms with E-state index in [9.17, 15) is 9.36 Å². The predicted molar refractivity (Wildman–Crippen MR) is 56.7 cm³/mol. The quantitative estimate of drug-likeness (QED) is 0.487. The Morgan fingerprint density at radius 2 is 1.79 bits per heavy atom. The Morgan fingerprint density at radius 1 is 1.29 bits per heavy atom. The molecular weight excluding hydrogens is 199 g/mol. The lowest BCUT2D eigenvalue weighted by Crippen LogP contribution is -2.34. The molecule has 0 fully saturated rings. The topological polar surface area (TPSA) is 43.4 Å². The summed E-state index contributed by atoms with van der Waals surface area (Å²) in [6, 6.07) is 0. The molecule has 0 amide bonds. The normalized spacial score (nSPS) is 11.6. The lowest BCUT2D eigenvalue weighted by molar-refractivity contribution is -0.152. The second-order valence-corrected chi connectivity index (χ2v) is 4.13. The molecule has 0 bridgehead atoms. The van der Waals surface area contributed by atoms with Crippen molar-refractivity contribution in [1.29, 1.82) is 0 Å². The van der Waals surface area contributed by atoms with Crippen molar-refractivity contribution in [2.24, 2.45) is 5.41 Å². The van der Waals surface area contributed by atoms with E-state index < -0.39 is 5.41 Å². The van der Waals surface area contributed by atoms with Crippen LogP contribution >= 0.6 is 8.46 Å². The van der Waals surface area contributed by atoms with E-state index in [2.05, 4.69) is 0 Å². The molecule has 0 aromatic rings. The number of rotatable bonds is 7. The summed E-state index contributed by atoms with van der Waals surface area (Å²) >= 11 is 0. The van der Waals surface area contributed by atoms with Gasteiger partial charge in [-0.2, -0.15) is 0 Å². The van der Waals surface area contributed by atoms with Crippen molar-refractivity contribution in [2.75, 3.05) is 13.3 Å². The van der Waals surface area contributed by atoms with Crippen molar-refractivity contribution in [2.45, 2.75) is 39.5 Å². The van der Waals surface area contributed by atoms with E-state index in [4.69, 9.17) is 4.74 Å². The number of methoxy groups -OCH3 is 1. The Hall–Kier alpha value is -0.430. The first-order valence-electron chi connectivity index (χ1n) is 5.04. The Kier molecular flexibility index (Phi) is 6.73. The molecule has 0 aliphatic carbocycles. The van der Waals surface area contributed by atoms with Crippen molar-refractivity contribution >= 4 is 14.4 Å². The van der Waals surface area contributed by atoms with E-state index in [0.717, 1.165) is 25.7 Å². The average molecular weight is 218 g/mol. The molecular formula is C10H19O3P. The molecule has 0 radical (unpaired) electrons. The first kappa shape index (κ1) is 13.6. The number of carbonyl (C=O) groups excluding carboxylic acids is 1. The van der Waals surface area contributed by atoms with Gasteiger partial charge in [-0.1, -0.05) is 26.7 Å². The van der Waals surface area contributed by atoms with E-state index in [-0.39, 0.29) is 14.4 Å². The molecule has 0 saturated carbocycles. The standard InChI is InChI=1S/C10H19O3P/c1-4-6-10(7-5-2,8-14-12)9(11)13-3/h4-8H2,1-3H3. The molecule has 0 unspecified atom stereocenters. The Labute approximate surface area is 87.4 Å². The third-order valence-electron chi connectivity index (χ3n) is 2.44. The molecule has 0 saturated heterocycles. The molecule has 14 heavy (non-hydrogen) atoms. The van der Waals surface area contributed by atoms with Crippen LogP contribution in [-0.2, 0) is 14.1 Å². The van der Waals surface area contributed by atoms with E-state index >= 15 is 0 Å². The summed E-state index contributed by atoms with van der Waals surface area (Å²) in [4.78, 5) is 11.6. The minimum atomic E-state index is -0.526. The molecule has 0 aromatic heterocycles. The van der Waals surface area contributed by atoms with Crippen LogP contribution in [0, 0.1) is 5.41 Å². The number of carbonyl (C=O) groups is 1. The summed E-state index contributed by atoms with van der Waals surface area (Å²) in [7, 11) is 1.42. The SMILES string of the molecule is CCCC(CCC)(CP=O)C(=O)OC. The highest BCUT2D eigenvalue weighted by Crippen LogP contribution is 2.34. The fourth-order valence-corrected chi connectivity index (χ4v) is 2.54. The minimum absolute atomic E-state index is 0.0276. The highest BCUT2D eigenvalue weighted by Gasteiger charge is 2.37. The minimum Gasteiger partial charge on any atom is -0.469 e. The predicted octanol–water partition coefficient (Wildman–Crippen LogP) is 3.04. The van der Waals surface area contributed by atoms with Gasteiger partial charge < -0.3 is 4.74 Å². The van der Waals surface area contributed by atoms with Crippen molar-refractivity contribution in [1.82, 2.24) is 0 Å². The van der Waals surface area contributed by atoms with Gasteiger partial charge in [-0.05, 0) is 12.8 Å². The zero-order valence-electron chi connectivity index (χ0n) is 9.21. The maximum absolute atomic E-state index is 11.6. The summed E-state index contributed by atoms with van der Waals surface area (Å²) in [5.74, 6) is -0.218. The molecule has 4 heteroatoms. The fraction of sp³-hybridized carbons (Fsp3) is 0.900. The second kappa shape index (κ2) is 6.94. The van der Waals surface area contributed by atoms with Crippen molar-refractivity contribution < 1.29 is 14.1 Å². The maximum Gasteiger partial charge on any atom is 0.312 e. The van der Waals surface area contributed by atoms with Crippen LogP contribution in [0.25, 0.3) is 0 Å². The molecule has 0 spiro atoms. The van der Waals surface area contributed by atoms with E-state index in [1.54, 1.807) is 0 Å². The van der Waals surface area contributed by atoms with Gasteiger partial charge in [-0.25, -0.2) is 0 Å². The van der Waals surface area contributed by atoms with Crippen LogP contribution in [0.3, 0.4) is 0 Å². The molecule has 0 rings (SSSR count). The zero-order valence-corrected chi connectivity index (χ0v) is 10.1.